The number of aromatic amines is 1. The highest BCUT2D eigenvalue weighted by Gasteiger charge is 2.18. The molecule has 1 fully saturated rings. The topological polar surface area (TPSA) is 36.4 Å². The molecular weight excluding hydrogens is 284 g/mol. The maximum atomic E-state index is 5.88. The molecule has 2 heterocycles. The van der Waals surface area contributed by atoms with E-state index in [1.54, 1.807) is 0 Å². The summed E-state index contributed by atoms with van der Waals surface area (Å²) in [7, 11) is 2.15. The summed E-state index contributed by atoms with van der Waals surface area (Å²) < 4.78 is 8.73. The summed E-state index contributed by atoms with van der Waals surface area (Å²) in [5.41, 5.74) is 2.07. The number of rotatable bonds is 3. The number of nitrogens with zero attached hydrogens (tertiary/aromatic N) is 3. The third-order valence-corrected chi connectivity index (χ3v) is 4.06. The number of fused-ring (bicyclic) bond motifs is 1. The lowest BCUT2D eigenvalue weighted by molar-refractivity contribution is 0.245. The minimum absolute atomic E-state index is 0.143. The van der Waals surface area contributed by atoms with Crippen molar-refractivity contribution in [2.45, 2.75) is 20.0 Å². The normalized spacial score (nSPS) is 16.9. The highest BCUT2D eigenvalue weighted by Crippen LogP contribution is 2.26. The summed E-state index contributed by atoms with van der Waals surface area (Å²) in [5, 5.41) is 2.31. The van der Waals surface area contributed by atoms with E-state index < -0.39 is 0 Å². The summed E-state index contributed by atoms with van der Waals surface area (Å²) in [5.74, 6) is 0.862. The number of hydrogen-bond donors (Lipinski definition) is 1. The zero-order valence-corrected chi connectivity index (χ0v) is 13.6. The van der Waals surface area contributed by atoms with Crippen molar-refractivity contribution in [3.05, 3.63) is 23.0 Å². The van der Waals surface area contributed by atoms with E-state index in [0.717, 1.165) is 47.7 Å². The van der Waals surface area contributed by atoms with E-state index in [-0.39, 0.29) is 6.10 Å². The molecule has 1 aliphatic rings. The molecule has 6 heteroatoms. The number of benzene rings is 1. The summed E-state index contributed by atoms with van der Waals surface area (Å²) in [4.78, 5) is 5.64. The molecule has 21 heavy (non-hydrogen) atoms. The van der Waals surface area contributed by atoms with Gasteiger partial charge in [0.05, 0.1) is 11.6 Å². The van der Waals surface area contributed by atoms with Crippen LogP contribution in [0.15, 0.2) is 18.2 Å². The Morgan fingerprint density at radius 2 is 1.90 bits per heavy atom. The van der Waals surface area contributed by atoms with Crippen LogP contribution in [0.25, 0.3) is 11.0 Å². The first-order valence-electron chi connectivity index (χ1n) is 7.40. The summed E-state index contributed by atoms with van der Waals surface area (Å²) in [6.07, 6.45) is 0.143. The van der Waals surface area contributed by atoms with Crippen LogP contribution < -0.4 is 9.75 Å². The van der Waals surface area contributed by atoms with Crippen molar-refractivity contribution in [1.29, 1.82) is 0 Å². The van der Waals surface area contributed by atoms with Gasteiger partial charge in [-0.3, -0.25) is 0 Å². The average molecular weight is 306 g/mol. The number of imidazole rings is 1. The maximum absolute atomic E-state index is 5.88. The number of ether oxygens (including phenoxy) is 1. The molecule has 0 aliphatic carbocycles. The van der Waals surface area contributed by atoms with Gasteiger partial charge >= 0.3 is 0 Å². The average Bonchev–Trinajstić information content (AvgIpc) is 2.77. The van der Waals surface area contributed by atoms with Gasteiger partial charge in [-0.25, -0.2) is 4.68 Å². The second-order valence-electron chi connectivity index (χ2n) is 5.82. The molecule has 0 saturated carbocycles. The molecule has 0 amide bonds. The standard InChI is InChI=1S/C15H22N4OS/c1-11(2)20-13-6-4-5-12-14(13)16-15(21)19(12)18-9-7-17(3)8-10-18/h4-6,11H,7-10H2,1-3H3,(H,16,21). The van der Waals surface area contributed by atoms with Crippen molar-refractivity contribution in [2.24, 2.45) is 0 Å². The van der Waals surface area contributed by atoms with Crippen LogP contribution in [0, 0.1) is 4.77 Å². The summed E-state index contributed by atoms with van der Waals surface area (Å²) >= 11 is 5.53. The van der Waals surface area contributed by atoms with Crippen molar-refractivity contribution in [3.8, 4) is 5.75 Å². The van der Waals surface area contributed by atoms with Crippen molar-refractivity contribution in [3.63, 3.8) is 0 Å². The zero-order valence-electron chi connectivity index (χ0n) is 12.8. The van der Waals surface area contributed by atoms with Gasteiger partial charge in [-0.2, -0.15) is 0 Å². The van der Waals surface area contributed by atoms with Crippen LogP contribution in [0.1, 0.15) is 13.8 Å². The van der Waals surface area contributed by atoms with Crippen molar-refractivity contribution < 1.29 is 4.74 Å². The Kier molecular flexibility index (Phi) is 3.91. The van der Waals surface area contributed by atoms with Crippen LogP contribution in [-0.2, 0) is 0 Å². The van der Waals surface area contributed by atoms with Crippen LogP contribution >= 0.6 is 12.2 Å². The van der Waals surface area contributed by atoms with Gasteiger partial charge in [-0.15, -0.1) is 0 Å². The van der Waals surface area contributed by atoms with E-state index in [1.165, 1.54) is 0 Å². The lowest BCUT2D eigenvalue weighted by Crippen LogP contribution is -2.49. The molecule has 0 unspecified atom stereocenters. The number of hydrogen-bond acceptors (Lipinski definition) is 4. The van der Waals surface area contributed by atoms with Crippen molar-refractivity contribution >= 4 is 23.3 Å². The number of H-pyrrole nitrogens is 1. The van der Waals surface area contributed by atoms with Gasteiger partial charge in [0, 0.05) is 26.2 Å². The van der Waals surface area contributed by atoms with E-state index >= 15 is 0 Å². The Morgan fingerprint density at radius 1 is 1.19 bits per heavy atom. The third kappa shape index (κ3) is 2.78. The Hall–Kier alpha value is -1.53. The van der Waals surface area contributed by atoms with E-state index in [0.29, 0.717) is 0 Å². The fourth-order valence-electron chi connectivity index (χ4n) is 2.72. The molecule has 0 bridgehead atoms. The lowest BCUT2D eigenvalue weighted by atomic mass is 10.3. The van der Waals surface area contributed by atoms with Crippen molar-refractivity contribution in [1.82, 2.24) is 14.6 Å². The number of nitrogens with one attached hydrogen (secondary N) is 1. The van der Waals surface area contributed by atoms with Crippen LogP contribution in [0.4, 0.5) is 0 Å². The molecule has 0 radical (unpaired) electrons. The molecular formula is C15H22N4OS. The number of likely N-dealkylation sites (N-methyl/N-ethyl adjacent to an activating group) is 1. The molecule has 1 aromatic carbocycles. The van der Waals surface area contributed by atoms with Gasteiger partial charge < -0.3 is 19.6 Å². The van der Waals surface area contributed by atoms with Gasteiger partial charge in [0.2, 0.25) is 0 Å². The SMILES string of the molecule is CC(C)Oc1cccc2c1[nH]c(=S)n2N1CCN(C)CC1. The smallest absolute Gasteiger partial charge is 0.197 e. The molecule has 1 N–H and O–H groups in total. The molecule has 2 aromatic rings. The predicted molar refractivity (Wildman–Crippen MR) is 88.3 cm³/mol. The van der Waals surface area contributed by atoms with Crippen LogP contribution in [0.5, 0.6) is 5.75 Å². The van der Waals surface area contributed by atoms with Gasteiger partial charge in [-0.1, -0.05) is 6.07 Å². The third-order valence-electron chi connectivity index (χ3n) is 3.78. The highest BCUT2D eigenvalue weighted by molar-refractivity contribution is 7.71. The van der Waals surface area contributed by atoms with Gasteiger partial charge in [0.25, 0.3) is 0 Å². The molecule has 3 rings (SSSR count). The molecule has 5 nitrogen and oxygen atoms in total. The first-order valence-corrected chi connectivity index (χ1v) is 7.81. The first-order chi connectivity index (χ1) is 10.1. The minimum atomic E-state index is 0.143. The van der Waals surface area contributed by atoms with Gasteiger partial charge in [0.1, 0.15) is 11.3 Å². The van der Waals surface area contributed by atoms with E-state index in [1.807, 2.05) is 26.0 Å². The van der Waals surface area contributed by atoms with Crippen molar-refractivity contribution in [2.75, 3.05) is 38.2 Å². The van der Waals surface area contributed by atoms with Gasteiger partial charge in [0.15, 0.2) is 4.77 Å². The Balaban J connectivity index is 2.03. The van der Waals surface area contributed by atoms with Gasteiger partial charge in [-0.05, 0) is 45.2 Å². The molecule has 0 spiro atoms. The quantitative estimate of drug-likeness (QED) is 0.883. The Morgan fingerprint density at radius 3 is 2.57 bits per heavy atom. The molecule has 114 valence electrons. The monoisotopic (exact) mass is 306 g/mol. The van der Waals surface area contributed by atoms with E-state index in [2.05, 4.69) is 32.7 Å². The second kappa shape index (κ2) is 5.69. The molecule has 1 saturated heterocycles. The summed E-state index contributed by atoms with van der Waals surface area (Å²) in [6.45, 7) is 8.13. The second-order valence-corrected chi connectivity index (χ2v) is 6.20. The number of piperazine rings is 1. The van der Waals surface area contributed by atoms with Crippen LogP contribution in [0.3, 0.4) is 0 Å². The summed E-state index contributed by atoms with van der Waals surface area (Å²) in [6, 6.07) is 6.10. The largest absolute Gasteiger partial charge is 0.489 e. The number of aromatic nitrogens is 2. The first kappa shape index (κ1) is 14.4. The Bertz CT molecular complexity index is 683. The predicted octanol–water partition coefficient (Wildman–Crippen LogP) is 2.37. The van der Waals surface area contributed by atoms with E-state index in [9.17, 15) is 0 Å². The molecule has 1 aromatic heterocycles. The fraction of sp³-hybridized carbons (Fsp3) is 0.533. The minimum Gasteiger partial charge on any atom is -0.489 e. The molecule has 1 aliphatic heterocycles. The number of para-hydroxylation sites is 1. The van der Waals surface area contributed by atoms with Crippen LogP contribution in [0.2, 0.25) is 0 Å². The fourth-order valence-corrected chi connectivity index (χ4v) is 3.04. The van der Waals surface area contributed by atoms with E-state index in [4.69, 9.17) is 17.0 Å². The molecule has 0 atom stereocenters. The van der Waals surface area contributed by atoms with Crippen LogP contribution in [-0.4, -0.2) is 53.9 Å². The zero-order chi connectivity index (χ0) is 15.0. The Labute approximate surface area is 130 Å². The lowest BCUT2D eigenvalue weighted by Gasteiger charge is -2.34. The maximum Gasteiger partial charge on any atom is 0.197 e. The highest BCUT2D eigenvalue weighted by atomic mass is 32.1.